The third-order valence-corrected chi connectivity index (χ3v) is 7.67. The quantitative estimate of drug-likeness (QED) is 0.566. The summed E-state index contributed by atoms with van der Waals surface area (Å²) in [5, 5.41) is 11.0. The molecular formula is C27H32F3N3O3. The van der Waals surface area contributed by atoms with Crippen molar-refractivity contribution in [2.45, 2.75) is 68.8 Å². The van der Waals surface area contributed by atoms with Gasteiger partial charge < -0.3 is 10.0 Å². The maximum Gasteiger partial charge on any atom is 0.416 e. The topological polar surface area (TPSA) is 73.7 Å². The van der Waals surface area contributed by atoms with Crippen molar-refractivity contribution < 1.29 is 27.9 Å². The van der Waals surface area contributed by atoms with Crippen molar-refractivity contribution >= 4 is 11.7 Å². The maximum absolute atomic E-state index is 12.9. The van der Waals surface area contributed by atoms with Crippen molar-refractivity contribution in [3.8, 4) is 0 Å². The minimum atomic E-state index is -4.52. The molecule has 1 aliphatic carbocycles. The molecule has 2 aromatic rings. The molecule has 0 unspecified atom stereocenters. The third kappa shape index (κ3) is 5.95. The molecule has 1 aliphatic heterocycles. The van der Waals surface area contributed by atoms with E-state index in [9.17, 15) is 27.9 Å². The van der Waals surface area contributed by atoms with Crippen LogP contribution in [0.5, 0.6) is 0 Å². The molecule has 2 aliphatic rings. The number of hydrogen-bond donors (Lipinski definition) is 1. The van der Waals surface area contributed by atoms with Crippen LogP contribution >= 0.6 is 0 Å². The number of alkyl halides is 3. The Bertz CT molecular complexity index is 1070. The van der Waals surface area contributed by atoms with Gasteiger partial charge in [-0.2, -0.15) is 13.2 Å². The third-order valence-electron chi connectivity index (χ3n) is 7.67. The van der Waals surface area contributed by atoms with Crippen LogP contribution in [-0.2, 0) is 16.6 Å². The molecule has 4 rings (SSSR count). The minimum Gasteiger partial charge on any atom is -0.384 e. The van der Waals surface area contributed by atoms with E-state index in [0.717, 1.165) is 31.4 Å². The van der Waals surface area contributed by atoms with Crippen LogP contribution in [0.3, 0.4) is 0 Å². The van der Waals surface area contributed by atoms with E-state index in [2.05, 4.69) is 16.9 Å². The fraction of sp³-hybridized carbons (Fsp3) is 0.519. The average molecular weight is 504 g/mol. The van der Waals surface area contributed by atoms with Gasteiger partial charge in [0.05, 0.1) is 11.3 Å². The first-order valence-electron chi connectivity index (χ1n) is 12.4. The van der Waals surface area contributed by atoms with Crippen LogP contribution in [0.1, 0.15) is 66.6 Å². The summed E-state index contributed by atoms with van der Waals surface area (Å²) in [6.45, 7) is 1.16. The highest BCUT2D eigenvalue weighted by molar-refractivity contribution is 5.98. The fourth-order valence-corrected chi connectivity index (χ4v) is 5.37. The zero-order valence-electron chi connectivity index (χ0n) is 20.4. The van der Waals surface area contributed by atoms with Gasteiger partial charge in [-0.15, -0.1) is 0 Å². The number of nitrogens with zero attached hydrogens (tertiary/aromatic N) is 3. The second-order valence-electron chi connectivity index (χ2n) is 9.93. The average Bonchev–Trinajstić information content (AvgIpc) is 3.38. The number of hydrogen-bond acceptors (Lipinski definition) is 5. The minimum absolute atomic E-state index is 0.0218. The first-order chi connectivity index (χ1) is 17.1. The van der Waals surface area contributed by atoms with Gasteiger partial charge in [0.15, 0.2) is 5.78 Å². The number of ketones is 1. The predicted octanol–water partition coefficient (Wildman–Crippen LogP) is 4.43. The molecule has 1 aromatic carbocycles. The Labute approximate surface area is 209 Å². The van der Waals surface area contributed by atoms with E-state index in [1.165, 1.54) is 12.1 Å². The van der Waals surface area contributed by atoms with E-state index in [1.807, 2.05) is 18.2 Å². The largest absolute Gasteiger partial charge is 0.416 e. The van der Waals surface area contributed by atoms with Crippen molar-refractivity contribution in [2.24, 2.45) is 0 Å². The zero-order chi connectivity index (χ0) is 25.9. The molecule has 36 heavy (non-hydrogen) atoms. The Kier molecular flexibility index (Phi) is 7.80. The van der Waals surface area contributed by atoms with Crippen molar-refractivity contribution in [1.29, 1.82) is 0 Å². The van der Waals surface area contributed by atoms with E-state index >= 15 is 0 Å². The zero-order valence-corrected chi connectivity index (χ0v) is 20.4. The first kappa shape index (κ1) is 26.3. The standard InChI is InChI=1S/C27H32F3N3O3/c1-32(21-10-13-26(36,14-11-21)24-7-2-3-15-31-24)22-12-16-33(18-22)25(35)9-8-23(34)19-5-4-6-20(17-19)27(28,29)30/h2-7,15,17,21-22,36H,8-14,16,18H2,1H3/t21?,22-,26?/m0/s1. The molecule has 0 radical (unpaired) electrons. The molecule has 1 amide bonds. The fourth-order valence-electron chi connectivity index (χ4n) is 5.37. The molecular weight excluding hydrogens is 471 g/mol. The number of benzene rings is 1. The number of Topliss-reactive ketones (excluding diaryl/α,β-unsaturated/α-hetero) is 1. The van der Waals surface area contributed by atoms with E-state index in [1.54, 1.807) is 11.1 Å². The maximum atomic E-state index is 12.9. The molecule has 1 saturated carbocycles. The van der Waals surface area contributed by atoms with Gasteiger partial charge in [-0.1, -0.05) is 18.2 Å². The number of aliphatic hydroxyl groups is 1. The number of halogens is 3. The number of pyridine rings is 1. The van der Waals surface area contributed by atoms with Crippen LogP contribution < -0.4 is 0 Å². The Hall–Kier alpha value is -2.78. The highest BCUT2D eigenvalue weighted by Gasteiger charge is 2.39. The van der Waals surface area contributed by atoms with Crippen molar-refractivity contribution in [2.75, 3.05) is 20.1 Å². The Morgan fingerprint density at radius 2 is 1.83 bits per heavy atom. The van der Waals surface area contributed by atoms with Crippen molar-refractivity contribution in [3.63, 3.8) is 0 Å². The highest BCUT2D eigenvalue weighted by atomic mass is 19.4. The molecule has 1 saturated heterocycles. The number of rotatable bonds is 7. The van der Waals surface area contributed by atoms with Gasteiger partial charge in [0.1, 0.15) is 5.60 Å². The van der Waals surface area contributed by atoms with Gasteiger partial charge in [0, 0.05) is 49.8 Å². The molecule has 1 aromatic heterocycles. The van der Waals surface area contributed by atoms with Crippen LogP contribution in [0.4, 0.5) is 13.2 Å². The van der Waals surface area contributed by atoms with E-state index in [-0.39, 0.29) is 30.4 Å². The Morgan fingerprint density at radius 1 is 1.08 bits per heavy atom. The Balaban J connectivity index is 1.25. The molecule has 194 valence electrons. The van der Waals surface area contributed by atoms with Crippen LogP contribution in [0.2, 0.25) is 0 Å². The van der Waals surface area contributed by atoms with E-state index < -0.39 is 23.1 Å². The van der Waals surface area contributed by atoms with Gasteiger partial charge in [0.25, 0.3) is 0 Å². The number of carbonyl (C=O) groups is 2. The van der Waals surface area contributed by atoms with Crippen LogP contribution in [0.25, 0.3) is 0 Å². The SMILES string of the molecule is CN(C1CCC(O)(c2ccccn2)CC1)[C@H]1CCN(C(=O)CCC(=O)c2cccc(C(F)(F)F)c2)C1. The molecule has 2 fully saturated rings. The summed E-state index contributed by atoms with van der Waals surface area (Å²) < 4.78 is 38.7. The van der Waals surface area contributed by atoms with Gasteiger partial charge in [-0.3, -0.25) is 19.5 Å². The van der Waals surface area contributed by atoms with Crippen molar-refractivity contribution in [1.82, 2.24) is 14.8 Å². The molecule has 2 heterocycles. The summed E-state index contributed by atoms with van der Waals surface area (Å²) in [5.41, 5.74) is -1.09. The van der Waals surface area contributed by atoms with Gasteiger partial charge >= 0.3 is 6.18 Å². The van der Waals surface area contributed by atoms with Crippen LogP contribution in [0, 0.1) is 0 Å². The number of amides is 1. The number of carbonyl (C=O) groups excluding carboxylic acids is 2. The van der Waals surface area contributed by atoms with E-state index in [0.29, 0.717) is 37.7 Å². The lowest BCUT2D eigenvalue weighted by Crippen LogP contribution is -2.46. The summed E-state index contributed by atoms with van der Waals surface area (Å²) >= 11 is 0. The second kappa shape index (κ2) is 10.7. The monoisotopic (exact) mass is 503 g/mol. The predicted molar refractivity (Wildman–Crippen MR) is 128 cm³/mol. The van der Waals surface area contributed by atoms with Crippen LogP contribution in [-0.4, -0.2) is 63.8 Å². The molecule has 1 atom stereocenters. The Morgan fingerprint density at radius 3 is 2.50 bits per heavy atom. The molecule has 0 spiro atoms. The lowest BCUT2D eigenvalue weighted by molar-refractivity contribution is -0.137. The highest BCUT2D eigenvalue weighted by Crippen LogP contribution is 2.38. The van der Waals surface area contributed by atoms with Crippen molar-refractivity contribution in [3.05, 3.63) is 65.5 Å². The lowest BCUT2D eigenvalue weighted by Gasteiger charge is -2.41. The summed E-state index contributed by atoms with van der Waals surface area (Å²) in [5.74, 6) is -0.621. The van der Waals surface area contributed by atoms with Gasteiger partial charge in [-0.05, 0) is 63.4 Å². The molecule has 0 bridgehead atoms. The van der Waals surface area contributed by atoms with Gasteiger partial charge in [0.2, 0.25) is 5.91 Å². The second-order valence-corrected chi connectivity index (χ2v) is 9.93. The van der Waals surface area contributed by atoms with Gasteiger partial charge in [-0.25, -0.2) is 0 Å². The summed E-state index contributed by atoms with van der Waals surface area (Å²) in [4.78, 5) is 33.5. The number of likely N-dealkylation sites (tertiary alicyclic amines) is 1. The molecule has 9 heteroatoms. The summed E-state index contributed by atoms with van der Waals surface area (Å²) in [6.07, 6.45) is 0.792. The number of likely N-dealkylation sites (N-methyl/N-ethyl adjacent to an activating group) is 1. The lowest BCUT2D eigenvalue weighted by atomic mass is 9.79. The normalized spacial score (nSPS) is 24.8. The summed E-state index contributed by atoms with van der Waals surface area (Å²) in [7, 11) is 2.06. The summed E-state index contributed by atoms with van der Waals surface area (Å²) in [6, 6.07) is 10.4. The van der Waals surface area contributed by atoms with Crippen LogP contribution in [0.15, 0.2) is 48.7 Å². The first-order valence-corrected chi connectivity index (χ1v) is 12.4. The smallest absolute Gasteiger partial charge is 0.384 e. The van der Waals surface area contributed by atoms with E-state index in [4.69, 9.17) is 0 Å². The molecule has 6 nitrogen and oxygen atoms in total. The number of aromatic nitrogens is 1. The molecule has 1 N–H and O–H groups in total.